The molecule has 1 unspecified atom stereocenters. The van der Waals surface area contributed by atoms with E-state index in [-0.39, 0.29) is 17.2 Å². The van der Waals surface area contributed by atoms with E-state index < -0.39 is 4.92 Å². The monoisotopic (exact) mass is 281 g/mol. The van der Waals surface area contributed by atoms with E-state index in [0.717, 1.165) is 12.2 Å². The van der Waals surface area contributed by atoms with Crippen molar-refractivity contribution in [3.63, 3.8) is 0 Å². The van der Waals surface area contributed by atoms with Crippen LogP contribution in [0.25, 0.3) is 11.1 Å². The highest BCUT2D eigenvalue weighted by atomic mass is 32.2. The van der Waals surface area contributed by atoms with E-state index in [1.807, 2.05) is 6.92 Å². The molecule has 0 spiro atoms. The number of rotatable bonds is 6. The van der Waals surface area contributed by atoms with Crippen molar-refractivity contribution in [1.82, 2.24) is 4.98 Å². The summed E-state index contributed by atoms with van der Waals surface area (Å²) in [6, 6.07) is 5.23. The lowest BCUT2D eigenvalue weighted by Gasteiger charge is -2.10. The Bertz CT molecular complexity index is 585. The zero-order valence-electron chi connectivity index (χ0n) is 10.8. The number of thioether (sulfide) groups is 1. The van der Waals surface area contributed by atoms with Gasteiger partial charge in [0.1, 0.15) is 0 Å². The maximum absolute atomic E-state index is 10.9. The highest BCUT2D eigenvalue weighted by Crippen LogP contribution is 2.27. The van der Waals surface area contributed by atoms with Crippen molar-refractivity contribution in [2.75, 3.05) is 17.3 Å². The lowest BCUT2D eigenvalue weighted by atomic mass is 10.3. The van der Waals surface area contributed by atoms with Crippen LogP contribution in [-0.2, 0) is 0 Å². The molecule has 1 heterocycles. The van der Waals surface area contributed by atoms with Crippen LogP contribution in [0.3, 0.4) is 0 Å². The number of oxazole rings is 1. The van der Waals surface area contributed by atoms with E-state index >= 15 is 0 Å². The highest BCUT2D eigenvalue weighted by molar-refractivity contribution is 7.98. The lowest BCUT2D eigenvalue weighted by Crippen LogP contribution is -2.15. The van der Waals surface area contributed by atoms with Gasteiger partial charge < -0.3 is 9.73 Å². The maximum Gasteiger partial charge on any atom is 0.298 e. The highest BCUT2D eigenvalue weighted by Gasteiger charge is 2.17. The third-order valence-electron chi connectivity index (χ3n) is 2.72. The quantitative estimate of drug-likeness (QED) is 0.646. The molecule has 0 aliphatic heterocycles. The molecule has 0 fully saturated rings. The summed E-state index contributed by atoms with van der Waals surface area (Å²) in [5.74, 6) is 1.04. The second-order valence-electron chi connectivity index (χ2n) is 4.23. The molecule has 19 heavy (non-hydrogen) atoms. The van der Waals surface area contributed by atoms with Gasteiger partial charge in [0, 0.05) is 12.1 Å². The van der Waals surface area contributed by atoms with Gasteiger partial charge in [0.25, 0.3) is 11.7 Å². The zero-order valence-corrected chi connectivity index (χ0v) is 11.6. The van der Waals surface area contributed by atoms with Crippen molar-refractivity contribution in [2.24, 2.45) is 0 Å². The van der Waals surface area contributed by atoms with E-state index in [1.54, 1.807) is 23.9 Å². The summed E-state index contributed by atoms with van der Waals surface area (Å²) in [5.41, 5.74) is 0.673. The van der Waals surface area contributed by atoms with Gasteiger partial charge in [0.15, 0.2) is 11.1 Å². The topological polar surface area (TPSA) is 81.2 Å². The van der Waals surface area contributed by atoms with Gasteiger partial charge in [0.2, 0.25) is 0 Å². The van der Waals surface area contributed by atoms with Gasteiger partial charge >= 0.3 is 0 Å². The first kappa shape index (κ1) is 13.7. The van der Waals surface area contributed by atoms with Crippen LogP contribution in [0, 0.1) is 10.1 Å². The molecule has 0 saturated carbocycles. The van der Waals surface area contributed by atoms with Crippen molar-refractivity contribution in [1.29, 1.82) is 0 Å². The Balaban J connectivity index is 2.22. The van der Waals surface area contributed by atoms with Crippen LogP contribution in [-0.4, -0.2) is 28.0 Å². The number of hydrogen-bond donors (Lipinski definition) is 1. The average molecular weight is 281 g/mol. The molecule has 1 N–H and O–H groups in total. The molecule has 0 aliphatic rings. The van der Waals surface area contributed by atoms with Gasteiger partial charge in [0.05, 0.1) is 4.92 Å². The molecule has 7 heteroatoms. The number of benzene rings is 1. The molecule has 1 aromatic heterocycles. The molecule has 102 valence electrons. The van der Waals surface area contributed by atoms with Crippen LogP contribution >= 0.6 is 11.8 Å². The predicted molar refractivity (Wildman–Crippen MR) is 76.7 cm³/mol. The van der Waals surface area contributed by atoms with Crippen LogP contribution in [0.2, 0.25) is 0 Å². The fraction of sp³-hybridized carbons (Fsp3) is 0.417. The lowest BCUT2D eigenvalue weighted by molar-refractivity contribution is -0.383. The fourth-order valence-corrected chi connectivity index (χ4v) is 2.31. The Labute approximate surface area is 114 Å². The number of hydrogen-bond acceptors (Lipinski definition) is 6. The van der Waals surface area contributed by atoms with E-state index in [4.69, 9.17) is 4.42 Å². The molecule has 6 nitrogen and oxygen atoms in total. The van der Waals surface area contributed by atoms with Crippen molar-refractivity contribution in [2.45, 2.75) is 19.4 Å². The van der Waals surface area contributed by atoms with Crippen molar-refractivity contribution >= 4 is 34.6 Å². The van der Waals surface area contributed by atoms with Gasteiger partial charge in [-0.15, -0.1) is 0 Å². The molecule has 2 aromatic rings. The van der Waals surface area contributed by atoms with Crippen LogP contribution in [0.5, 0.6) is 0 Å². The molecule has 1 atom stereocenters. The van der Waals surface area contributed by atoms with Crippen LogP contribution < -0.4 is 5.32 Å². The number of aromatic nitrogens is 1. The number of non-ortho nitro benzene ring substituents is 1. The Hall–Kier alpha value is -1.76. The number of nitro benzene ring substituents is 1. The second-order valence-corrected chi connectivity index (χ2v) is 5.21. The van der Waals surface area contributed by atoms with Gasteiger partial charge in [-0.1, -0.05) is 6.07 Å². The summed E-state index contributed by atoms with van der Waals surface area (Å²) in [7, 11) is 0. The summed E-state index contributed by atoms with van der Waals surface area (Å²) in [6.45, 7) is 2.03. The number of para-hydroxylation sites is 1. The third-order valence-corrected chi connectivity index (χ3v) is 3.36. The Morgan fingerprint density at radius 1 is 1.58 bits per heavy atom. The average Bonchev–Trinajstić information content (AvgIpc) is 2.77. The van der Waals surface area contributed by atoms with Crippen molar-refractivity contribution < 1.29 is 9.34 Å². The van der Waals surface area contributed by atoms with Gasteiger partial charge in [-0.3, -0.25) is 10.1 Å². The molecule has 1 aromatic carbocycles. The molecule has 0 amide bonds. The molecule has 2 rings (SSSR count). The largest absolute Gasteiger partial charge is 0.423 e. The number of anilines is 1. The number of nitrogens with zero attached hydrogens (tertiary/aromatic N) is 2. The summed E-state index contributed by atoms with van der Waals surface area (Å²) < 4.78 is 5.48. The first-order valence-electron chi connectivity index (χ1n) is 5.91. The van der Waals surface area contributed by atoms with Gasteiger partial charge in [-0.25, -0.2) is 0 Å². The predicted octanol–water partition coefficient (Wildman–Crippen LogP) is 3.29. The van der Waals surface area contributed by atoms with Crippen LogP contribution in [0.1, 0.15) is 13.3 Å². The van der Waals surface area contributed by atoms with Gasteiger partial charge in [-0.05, 0) is 31.4 Å². The molecule has 0 saturated heterocycles. The summed E-state index contributed by atoms with van der Waals surface area (Å²) in [4.78, 5) is 14.6. The molecule has 0 radical (unpaired) electrons. The Kier molecular flexibility index (Phi) is 4.26. The summed E-state index contributed by atoms with van der Waals surface area (Å²) in [6.07, 6.45) is 3.03. The van der Waals surface area contributed by atoms with Crippen LogP contribution in [0.4, 0.5) is 11.7 Å². The number of nitro groups is 1. The zero-order chi connectivity index (χ0) is 13.8. The Morgan fingerprint density at radius 3 is 3.05 bits per heavy atom. The minimum Gasteiger partial charge on any atom is -0.423 e. The Morgan fingerprint density at radius 2 is 2.37 bits per heavy atom. The van der Waals surface area contributed by atoms with Crippen LogP contribution in [0.15, 0.2) is 22.6 Å². The van der Waals surface area contributed by atoms with Crippen molar-refractivity contribution in [3.8, 4) is 0 Å². The number of nitrogens with one attached hydrogen (secondary N) is 1. The minimum absolute atomic E-state index is 0.0360. The SMILES string of the molecule is CSCCC(C)Nc1nc2c([N+](=O)[O-])cccc2o1. The first-order chi connectivity index (χ1) is 9.11. The first-order valence-corrected chi connectivity index (χ1v) is 7.30. The summed E-state index contributed by atoms with van der Waals surface area (Å²) in [5, 5.41) is 14.0. The normalized spacial score (nSPS) is 12.5. The maximum atomic E-state index is 10.9. The third kappa shape index (κ3) is 3.17. The second kappa shape index (κ2) is 5.92. The molecular formula is C12H15N3O3S. The summed E-state index contributed by atoms with van der Waals surface area (Å²) >= 11 is 1.77. The fourth-order valence-electron chi connectivity index (χ4n) is 1.72. The smallest absolute Gasteiger partial charge is 0.298 e. The van der Waals surface area contributed by atoms with E-state index in [0.29, 0.717) is 11.6 Å². The van der Waals surface area contributed by atoms with E-state index in [9.17, 15) is 10.1 Å². The van der Waals surface area contributed by atoms with Crippen molar-refractivity contribution in [3.05, 3.63) is 28.3 Å². The van der Waals surface area contributed by atoms with E-state index in [2.05, 4.69) is 16.6 Å². The molecule has 0 bridgehead atoms. The number of fused-ring (bicyclic) bond motifs is 1. The standard InChI is InChI=1S/C12H15N3O3S/c1-8(6-7-19-2)13-12-14-11-9(15(16)17)4-3-5-10(11)18-12/h3-5,8H,6-7H2,1-2H3,(H,13,14). The molecule has 0 aliphatic carbocycles. The minimum atomic E-state index is -0.453. The van der Waals surface area contributed by atoms with Gasteiger partial charge in [-0.2, -0.15) is 16.7 Å². The van der Waals surface area contributed by atoms with E-state index in [1.165, 1.54) is 6.07 Å². The molecular weight excluding hydrogens is 266 g/mol.